The van der Waals surface area contributed by atoms with Gasteiger partial charge in [-0.05, 0) is 38.3 Å². The Hall–Kier alpha value is -0.640. The van der Waals surface area contributed by atoms with E-state index in [2.05, 4.69) is 5.32 Å². The van der Waals surface area contributed by atoms with E-state index in [1.807, 2.05) is 11.8 Å². The number of carbonyl (C=O) groups excluding carboxylic acids is 1. The number of piperidine rings is 1. The molecule has 6 heteroatoms. The lowest BCUT2D eigenvalue weighted by Crippen LogP contribution is -2.43. The van der Waals surface area contributed by atoms with Crippen LogP contribution in [0.25, 0.3) is 0 Å². The minimum Gasteiger partial charge on any atom is -0.371 e. The van der Waals surface area contributed by atoms with Gasteiger partial charge < -0.3 is 10.2 Å². The Labute approximate surface area is 134 Å². The minimum atomic E-state index is -0.371. The van der Waals surface area contributed by atoms with Crippen molar-refractivity contribution in [2.24, 2.45) is 0 Å². The third-order valence-corrected chi connectivity index (χ3v) is 4.22. The number of nitrogens with zero attached hydrogens (tertiary/aromatic N) is 1. The highest BCUT2D eigenvalue weighted by Crippen LogP contribution is 2.34. The van der Waals surface area contributed by atoms with E-state index in [0.717, 1.165) is 25.9 Å². The molecular weight excluding hydrogens is 319 g/mol. The molecule has 0 saturated carbocycles. The molecule has 0 bridgehead atoms. The fourth-order valence-electron chi connectivity index (χ4n) is 2.35. The number of amides is 1. The number of likely N-dealkylation sites (tertiary alicyclic amines) is 1. The SMILES string of the molecule is CC(Nc1c(Cl)cc(Cl)cc1Cl)C(=O)N1CCCCC1. The van der Waals surface area contributed by atoms with E-state index in [0.29, 0.717) is 20.8 Å². The van der Waals surface area contributed by atoms with Gasteiger partial charge in [0.2, 0.25) is 5.91 Å². The molecule has 1 aromatic rings. The molecule has 1 unspecified atom stereocenters. The number of anilines is 1. The average molecular weight is 336 g/mol. The van der Waals surface area contributed by atoms with Crippen molar-refractivity contribution in [3.63, 3.8) is 0 Å². The summed E-state index contributed by atoms with van der Waals surface area (Å²) in [5, 5.41) is 4.40. The van der Waals surface area contributed by atoms with Crippen LogP contribution in [-0.2, 0) is 4.79 Å². The van der Waals surface area contributed by atoms with Gasteiger partial charge in [0.1, 0.15) is 6.04 Å². The first-order chi connectivity index (χ1) is 9.49. The molecule has 0 spiro atoms. The summed E-state index contributed by atoms with van der Waals surface area (Å²) in [7, 11) is 0. The molecule has 1 aliphatic rings. The lowest BCUT2D eigenvalue weighted by Gasteiger charge is -2.30. The van der Waals surface area contributed by atoms with E-state index in [4.69, 9.17) is 34.8 Å². The monoisotopic (exact) mass is 334 g/mol. The molecule has 0 radical (unpaired) electrons. The van der Waals surface area contributed by atoms with Gasteiger partial charge in [0.25, 0.3) is 0 Å². The van der Waals surface area contributed by atoms with Crippen molar-refractivity contribution in [3.05, 3.63) is 27.2 Å². The predicted octanol–water partition coefficient (Wildman–Crippen LogP) is 4.46. The summed E-state index contributed by atoms with van der Waals surface area (Å²) < 4.78 is 0. The Morgan fingerprint density at radius 3 is 2.25 bits per heavy atom. The fourth-order valence-corrected chi connectivity index (χ4v) is 3.27. The number of hydrogen-bond acceptors (Lipinski definition) is 2. The summed E-state index contributed by atoms with van der Waals surface area (Å²) in [6, 6.07) is 2.84. The van der Waals surface area contributed by atoms with E-state index >= 15 is 0 Å². The van der Waals surface area contributed by atoms with Crippen molar-refractivity contribution in [3.8, 4) is 0 Å². The fraction of sp³-hybridized carbons (Fsp3) is 0.500. The second-order valence-corrected chi connectivity index (χ2v) is 6.25. The maximum absolute atomic E-state index is 12.3. The summed E-state index contributed by atoms with van der Waals surface area (Å²) in [4.78, 5) is 14.2. The number of halogens is 3. The maximum atomic E-state index is 12.3. The van der Waals surface area contributed by atoms with Crippen molar-refractivity contribution in [1.82, 2.24) is 4.90 Å². The highest BCUT2D eigenvalue weighted by atomic mass is 35.5. The van der Waals surface area contributed by atoms with Crippen LogP contribution in [0.4, 0.5) is 5.69 Å². The van der Waals surface area contributed by atoms with Gasteiger partial charge in [0.15, 0.2) is 0 Å². The molecule has 0 aliphatic carbocycles. The summed E-state index contributed by atoms with van der Waals surface area (Å²) >= 11 is 18.1. The average Bonchev–Trinajstić information content (AvgIpc) is 2.42. The van der Waals surface area contributed by atoms with Crippen molar-refractivity contribution < 1.29 is 4.79 Å². The molecule has 1 N–H and O–H groups in total. The second kappa shape index (κ2) is 6.88. The van der Waals surface area contributed by atoms with Crippen LogP contribution < -0.4 is 5.32 Å². The normalized spacial score (nSPS) is 16.9. The Morgan fingerprint density at radius 2 is 1.70 bits per heavy atom. The zero-order valence-electron chi connectivity index (χ0n) is 11.3. The van der Waals surface area contributed by atoms with Crippen LogP contribution in [0.3, 0.4) is 0 Å². The Balaban J connectivity index is 2.07. The molecule has 110 valence electrons. The van der Waals surface area contributed by atoms with Crippen LogP contribution in [0.15, 0.2) is 12.1 Å². The van der Waals surface area contributed by atoms with Gasteiger partial charge in [-0.25, -0.2) is 0 Å². The number of rotatable bonds is 3. The molecule has 1 heterocycles. The molecule has 1 aromatic carbocycles. The van der Waals surface area contributed by atoms with Crippen molar-refractivity contribution in [1.29, 1.82) is 0 Å². The number of hydrogen-bond donors (Lipinski definition) is 1. The van der Waals surface area contributed by atoms with Crippen LogP contribution >= 0.6 is 34.8 Å². The molecule has 1 saturated heterocycles. The highest BCUT2D eigenvalue weighted by Gasteiger charge is 2.23. The predicted molar refractivity (Wildman–Crippen MR) is 85.0 cm³/mol. The molecule has 1 aliphatic heterocycles. The van der Waals surface area contributed by atoms with E-state index in [1.165, 1.54) is 6.42 Å². The van der Waals surface area contributed by atoms with Crippen molar-refractivity contribution >= 4 is 46.4 Å². The number of benzene rings is 1. The first kappa shape index (κ1) is 15.7. The third kappa shape index (κ3) is 3.72. The third-order valence-electron chi connectivity index (χ3n) is 3.41. The van der Waals surface area contributed by atoms with Crippen molar-refractivity contribution in [2.45, 2.75) is 32.2 Å². The Morgan fingerprint density at radius 1 is 1.15 bits per heavy atom. The van der Waals surface area contributed by atoms with Gasteiger partial charge >= 0.3 is 0 Å². The lowest BCUT2D eigenvalue weighted by molar-refractivity contribution is -0.132. The molecular formula is C14H17Cl3N2O. The van der Waals surface area contributed by atoms with E-state index in [9.17, 15) is 4.79 Å². The number of nitrogens with one attached hydrogen (secondary N) is 1. The lowest BCUT2D eigenvalue weighted by atomic mass is 10.1. The van der Waals surface area contributed by atoms with Gasteiger partial charge in [-0.2, -0.15) is 0 Å². The molecule has 1 amide bonds. The first-order valence-electron chi connectivity index (χ1n) is 6.69. The van der Waals surface area contributed by atoms with E-state index in [1.54, 1.807) is 12.1 Å². The van der Waals surface area contributed by atoms with E-state index < -0.39 is 0 Å². The van der Waals surface area contributed by atoms with E-state index in [-0.39, 0.29) is 11.9 Å². The summed E-state index contributed by atoms with van der Waals surface area (Å²) in [6.45, 7) is 3.47. The Bertz CT molecular complexity index is 478. The van der Waals surface area contributed by atoms with Gasteiger partial charge in [0, 0.05) is 18.1 Å². The van der Waals surface area contributed by atoms with Crippen LogP contribution in [0.5, 0.6) is 0 Å². The first-order valence-corrected chi connectivity index (χ1v) is 7.82. The molecule has 1 fully saturated rings. The molecule has 2 rings (SSSR count). The van der Waals surface area contributed by atoms with Crippen LogP contribution in [0, 0.1) is 0 Å². The number of carbonyl (C=O) groups is 1. The summed E-state index contributed by atoms with van der Waals surface area (Å²) in [5.41, 5.74) is 0.551. The summed E-state index contributed by atoms with van der Waals surface area (Å²) in [6.07, 6.45) is 3.34. The second-order valence-electron chi connectivity index (χ2n) is 5.00. The molecule has 1 atom stereocenters. The minimum absolute atomic E-state index is 0.0757. The van der Waals surface area contributed by atoms with Gasteiger partial charge in [-0.1, -0.05) is 34.8 Å². The van der Waals surface area contributed by atoms with Gasteiger partial charge in [0.05, 0.1) is 15.7 Å². The zero-order valence-corrected chi connectivity index (χ0v) is 13.5. The quantitative estimate of drug-likeness (QED) is 0.884. The van der Waals surface area contributed by atoms with Crippen molar-refractivity contribution in [2.75, 3.05) is 18.4 Å². The topological polar surface area (TPSA) is 32.3 Å². The Kier molecular flexibility index (Phi) is 5.42. The van der Waals surface area contributed by atoms with Gasteiger partial charge in [-0.3, -0.25) is 4.79 Å². The molecule has 3 nitrogen and oxygen atoms in total. The van der Waals surface area contributed by atoms with Crippen LogP contribution in [0.2, 0.25) is 15.1 Å². The van der Waals surface area contributed by atoms with Gasteiger partial charge in [-0.15, -0.1) is 0 Å². The largest absolute Gasteiger partial charge is 0.371 e. The smallest absolute Gasteiger partial charge is 0.244 e. The summed E-state index contributed by atoms with van der Waals surface area (Å²) in [5.74, 6) is 0.0757. The standard InChI is InChI=1S/C14H17Cl3N2O/c1-9(14(20)19-5-3-2-4-6-19)18-13-11(16)7-10(15)8-12(13)17/h7-9,18H,2-6H2,1H3. The van der Waals surface area contributed by atoms with Crippen LogP contribution in [-0.4, -0.2) is 29.9 Å². The maximum Gasteiger partial charge on any atom is 0.244 e. The zero-order chi connectivity index (χ0) is 14.7. The highest BCUT2D eigenvalue weighted by molar-refractivity contribution is 6.41. The molecule has 20 heavy (non-hydrogen) atoms. The van der Waals surface area contributed by atoms with Crippen LogP contribution in [0.1, 0.15) is 26.2 Å². The molecule has 0 aromatic heterocycles.